The number of thioether (sulfide) groups is 1. The highest BCUT2D eigenvalue weighted by molar-refractivity contribution is 7.98. The van der Waals surface area contributed by atoms with Gasteiger partial charge in [-0.1, -0.05) is 32.9 Å². The van der Waals surface area contributed by atoms with Gasteiger partial charge in [0.1, 0.15) is 42.5 Å². The number of fused-ring (bicyclic) bond motifs is 1. The molecule has 5 amide bonds. The smallest absolute Gasteiger partial charge is 0.415 e. The van der Waals surface area contributed by atoms with Gasteiger partial charge in [0, 0.05) is 61.1 Å². The molecule has 2 aromatic carbocycles. The number of thiol groups is 1. The zero-order valence-corrected chi connectivity index (χ0v) is 42.5. The van der Waals surface area contributed by atoms with Gasteiger partial charge in [-0.15, -0.1) is 22.0 Å². The van der Waals surface area contributed by atoms with E-state index < -0.39 is 35.4 Å². The second-order valence-corrected chi connectivity index (χ2v) is 20.2. The zero-order chi connectivity index (χ0) is 49.4. The first-order valence-corrected chi connectivity index (χ1v) is 25.7. The van der Waals surface area contributed by atoms with Crippen LogP contribution < -0.4 is 25.8 Å². The first-order valence-electron chi connectivity index (χ1n) is 23.8. The average molecular weight is 983 g/mol. The topological polar surface area (TPSA) is 193 Å². The van der Waals surface area contributed by atoms with E-state index in [1.807, 2.05) is 56.8 Å². The summed E-state index contributed by atoms with van der Waals surface area (Å²) in [6, 6.07) is 13.3. The number of anilines is 3. The van der Waals surface area contributed by atoms with Gasteiger partial charge in [-0.2, -0.15) is 12.6 Å². The number of pyridine rings is 1. The fourth-order valence-electron chi connectivity index (χ4n) is 9.08. The van der Waals surface area contributed by atoms with Crippen LogP contribution in [0, 0.1) is 11.8 Å². The van der Waals surface area contributed by atoms with Crippen LogP contribution in [-0.2, 0) is 62.4 Å². The number of carbonyl (C=O) groups excluding carboxylic acids is 5. The summed E-state index contributed by atoms with van der Waals surface area (Å²) in [7, 11) is 1.90. The maximum absolute atomic E-state index is 14.6. The molecule has 17 nitrogen and oxygen atoms in total. The fourth-order valence-corrected chi connectivity index (χ4v) is 9.93. The van der Waals surface area contributed by atoms with Gasteiger partial charge < -0.3 is 30.0 Å². The maximum atomic E-state index is 14.6. The summed E-state index contributed by atoms with van der Waals surface area (Å²) in [4.78, 5) is 78.9. The molecule has 3 atom stereocenters. The van der Waals surface area contributed by atoms with Crippen LogP contribution in [0.2, 0.25) is 0 Å². The third kappa shape index (κ3) is 12.3. The lowest BCUT2D eigenvalue weighted by Crippen LogP contribution is -2.53. The molecule has 0 radical (unpaired) electrons. The van der Waals surface area contributed by atoms with Crippen molar-refractivity contribution in [3.8, 4) is 0 Å². The summed E-state index contributed by atoms with van der Waals surface area (Å²) in [6.45, 7) is 13.5. The summed E-state index contributed by atoms with van der Waals surface area (Å²) in [5.41, 5.74) is 4.25. The van der Waals surface area contributed by atoms with Crippen molar-refractivity contribution in [2.45, 2.75) is 109 Å². The van der Waals surface area contributed by atoms with Gasteiger partial charge in [0.15, 0.2) is 0 Å². The number of carbonyl (C=O) groups is 5. The fraction of sp³-hybridized carbons (Fsp3) is 0.520. The first-order chi connectivity index (χ1) is 33.1. The van der Waals surface area contributed by atoms with Crippen molar-refractivity contribution in [1.82, 2.24) is 35.3 Å². The minimum absolute atomic E-state index is 0.0706. The molecule has 0 aliphatic carbocycles. The van der Waals surface area contributed by atoms with E-state index >= 15 is 0 Å². The molecule has 69 heavy (non-hydrogen) atoms. The van der Waals surface area contributed by atoms with Crippen molar-refractivity contribution in [3.63, 3.8) is 0 Å². The van der Waals surface area contributed by atoms with Gasteiger partial charge in [0.25, 0.3) is 5.91 Å². The molecular weight excluding hydrogens is 917 g/mol. The highest BCUT2D eigenvalue weighted by Crippen LogP contribution is 2.41. The summed E-state index contributed by atoms with van der Waals surface area (Å²) in [6.07, 6.45) is 6.86. The largest absolute Gasteiger partial charge is 0.444 e. The van der Waals surface area contributed by atoms with Gasteiger partial charge in [0.2, 0.25) is 17.7 Å². The highest BCUT2D eigenvalue weighted by Gasteiger charge is 2.44. The van der Waals surface area contributed by atoms with Crippen molar-refractivity contribution in [2.75, 3.05) is 60.0 Å². The van der Waals surface area contributed by atoms with Crippen LogP contribution in [0.5, 0.6) is 0 Å². The monoisotopic (exact) mass is 982 g/mol. The molecule has 0 bridgehead atoms. The molecule has 0 unspecified atom stereocenters. The molecule has 2 aromatic heterocycles. The molecule has 3 aliphatic heterocycles. The van der Waals surface area contributed by atoms with Crippen molar-refractivity contribution < 1.29 is 33.4 Å². The quantitative estimate of drug-likeness (QED) is 0.0573. The van der Waals surface area contributed by atoms with Crippen molar-refractivity contribution >= 4 is 71.4 Å². The number of likely N-dealkylation sites (tertiary alicyclic amines) is 1. The Hall–Kier alpha value is -5.50. The summed E-state index contributed by atoms with van der Waals surface area (Å²) in [5.74, 6) is 1.27. The van der Waals surface area contributed by atoms with Crippen LogP contribution in [0.15, 0.2) is 59.8 Å². The number of aromatic nitrogens is 4. The summed E-state index contributed by atoms with van der Waals surface area (Å²) in [5, 5.41) is 16.8. The van der Waals surface area contributed by atoms with E-state index in [4.69, 9.17) is 14.5 Å². The molecule has 5 heterocycles. The van der Waals surface area contributed by atoms with E-state index in [2.05, 4.69) is 56.7 Å². The second-order valence-electron chi connectivity index (χ2n) is 18.9. The third-order valence-corrected chi connectivity index (χ3v) is 14.3. The normalized spacial score (nSPS) is 17.4. The van der Waals surface area contributed by atoms with Crippen LogP contribution >= 0.6 is 24.4 Å². The predicted octanol–water partition coefficient (Wildman–Crippen LogP) is 6.29. The molecule has 7 rings (SSSR count). The minimum atomic E-state index is -0.891. The van der Waals surface area contributed by atoms with Crippen LogP contribution in [-0.4, -0.2) is 111 Å². The van der Waals surface area contributed by atoms with Crippen LogP contribution in [0.4, 0.5) is 22.1 Å². The molecule has 3 N–H and O–H groups in total. The number of aryl methyl sites for hydroxylation is 1. The van der Waals surface area contributed by atoms with E-state index in [9.17, 15) is 24.0 Å². The van der Waals surface area contributed by atoms with Crippen molar-refractivity contribution in [1.29, 1.82) is 0 Å². The number of nitrogens with zero attached hydrogens (tertiary/aromatic N) is 7. The van der Waals surface area contributed by atoms with Crippen molar-refractivity contribution in [3.05, 3.63) is 88.5 Å². The number of hydrogen-bond acceptors (Lipinski definition) is 13. The van der Waals surface area contributed by atoms with Crippen LogP contribution in [0.3, 0.4) is 0 Å². The maximum Gasteiger partial charge on any atom is 0.415 e. The Labute approximate surface area is 414 Å². The van der Waals surface area contributed by atoms with Gasteiger partial charge in [-0.3, -0.25) is 33.9 Å². The zero-order valence-electron chi connectivity index (χ0n) is 40.7. The van der Waals surface area contributed by atoms with E-state index in [0.717, 1.165) is 47.0 Å². The molecule has 3 aliphatic rings. The van der Waals surface area contributed by atoms with Crippen LogP contribution in [0.25, 0.3) is 0 Å². The van der Waals surface area contributed by atoms with E-state index in [0.29, 0.717) is 72.7 Å². The van der Waals surface area contributed by atoms with Gasteiger partial charge in [0.05, 0.1) is 19.8 Å². The number of ether oxygens (including phenoxy) is 2. The molecule has 2 fully saturated rings. The molecule has 19 heteroatoms. The number of benzene rings is 2. The number of amides is 5. The first kappa shape index (κ1) is 51.4. The predicted molar refractivity (Wildman–Crippen MR) is 270 cm³/mol. The number of rotatable bonds is 20. The minimum Gasteiger partial charge on any atom is -0.444 e. The van der Waals surface area contributed by atoms with Gasteiger partial charge in [-0.25, -0.2) is 9.78 Å². The van der Waals surface area contributed by atoms with Crippen LogP contribution in [0.1, 0.15) is 98.7 Å². The lowest BCUT2D eigenvalue weighted by Gasteiger charge is -2.42. The molecule has 370 valence electrons. The molecule has 0 spiro atoms. The standard InChI is InChI=1S/C50H66N10O7S2/c1-8-59(49(65)67-27-34-13-15-37(16-14-34)53-46(62)33(5)52-47(63)45(31(2)3)55-44(61)12-10-18-68)41-21-36(50(28-66-29-50)23-43-56-51-30-57(43)6)22-42(54-41)60-26-39-38(48(60)64)19-35(20-40(39)69-7)25-58-17-9-11-32(4)24-58/h13-16,19-22,30-33,45,68H,8-12,17-18,23-29H2,1-7H3,(H,52,63)(H,53,62)(H,55,61)/t32-,33-,45-/m0/s1. The van der Waals surface area contributed by atoms with Gasteiger partial charge >= 0.3 is 6.09 Å². The van der Waals surface area contributed by atoms with E-state index in [-0.39, 0.29) is 37.3 Å². The van der Waals surface area contributed by atoms with E-state index in [1.54, 1.807) is 54.2 Å². The summed E-state index contributed by atoms with van der Waals surface area (Å²) < 4.78 is 13.6. The Morgan fingerprint density at radius 2 is 1.81 bits per heavy atom. The van der Waals surface area contributed by atoms with Gasteiger partial charge in [-0.05, 0) is 122 Å². The lowest BCUT2D eigenvalue weighted by molar-refractivity contribution is -0.131. The van der Waals surface area contributed by atoms with Crippen molar-refractivity contribution in [2.24, 2.45) is 18.9 Å². The Morgan fingerprint density at radius 1 is 1.04 bits per heavy atom. The molecule has 4 aromatic rings. The second kappa shape index (κ2) is 22.9. The number of piperidine rings is 1. The molecule has 0 saturated carbocycles. The Kier molecular flexibility index (Phi) is 17.1. The third-order valence-electron chi connectivity index (χ3n) is 13.1. The molecule has 2 saturated heterocycles. The number of nitrogens with one attached hydrogen (secondary N) is 3. The van der Waals surface area contributed by atoms with E-state index in [1.165, 1.54) is 17.7 Å². The average Bonchev–Trinajstić information content (AvgIpc) is 3.88. The Bertz CT molecular complexity index is 2500. The lowest BCUT2D eigenvalue weighted by atomic mass is 9.75. The molecular formula is C50H66N10O7S2. The Morgan fingerprint density at radius 3 is 2.45 bits per heavy atom. The SMILES string of the molecule is CCN(C(=O)OCc1ccc(NC(=O)[C@H](C)NC(=O)[C@@H](NC(=O)CCCS)C(C)C)cc1)c1cc(C2(Cc3nncn3C)COC2)cc(N2Cc3c(SC)cc(CN4CCC[C@H](C)C4)cc3C2=O)n1. The summed E-state index contributed by atoms with van der Waals surface area (Å²) >= 11 is 5.79. The Balaban J connectivity index is 1.06. The number of hydrogen-bond donors (Lipinski definition) is 4. The highest BCUT2D eigenvalue weighted by atomic mass is 32.2.